The van der Waals surface area contributed by atoms with Crippen LogP contribution in [0.2, 0.25) is 0 Å². The first-order valence-corrected chi connectivity index (χ1v) is 12.3. The number of carbonyl (C=O) groups excluding carboxylic acids is 1. The van der Waals surface area contributed by atoms with Crippen molar-refractivity contribution in [3.63, 3.8) is 0 Å². The summed E-state index contributed by atoms with van der Waals surface area (Å²) in [6, 6.07) is 8.05. The third-order valence-corrected chi connectivity index (χ3v) is 6.68. The van der Waals surface area contributed by atoms with Crippen LogP contribution in [0.5, 0.6) is 0 Å². The molecule has 0 saturated carbocycles. The van der Waals surface area contributed by atoms with Crippen molar-refractivity contribution in [2.24, 2.45) is 0 Å². The first-order chi connectivity index (χ1) is 16.5. The average Bonchev–Trinajstić information content (AvgIpc) is 2.85. The molecule has 2 fully saturated rings. The van der Waals surface area contributed by atoms with Crippen LogP contribution in [0.25, 0.3) is 0 Å². The standard InChI is InChI=1S/C25H36N6O3/c1-3-29-10-12-30(13-11-29)18-20-4-6-21(7-5-20)27-23(32)9-8-22-19(2)26-25(28-24(22)33)31-14-16-34-17-15-31/h4-7H,3,8-18H2,1-2H3,(H,27,32)(H,26,28,33). The summed E-state index contributed by atoms with van der Waals surface area (Å²) < 4.78 is 5.36. The number of amides is 1. The minimum absolute atomic E-state index is 0.112. The van der Waals surface area contributed by atoms with Crippen LogP contribution in [0.15, 0.2) is 29.1 Å². The van der Waals surface area contributed by atoms with Crippen molar-refractivity contribution in [3.8, 4) is 0 Å². The second kappa shape index (κ2) is 11.6. The highest BCUT2D eigenvalue weighted by molar-refractivity contribution is 5.90. The average molecular weight is 469 g/mol. The van der Waals surface area contributed by atoms with Crippen LogP contribution in [0.4, 0.5) is 11.6 Å². The van der Waals surface area contributed by atoms with Gasteiger partial charge >= 0.3 is 0 Å². The van der Waals surface area contributed by atoms with Gasteiger partial charge in [-0.2, -0.15) is 0 Å². The number of nitrogens with one attached hydrogen (secondary N) is 2. The second-order valence-electron chi connectivity index (χ2n) is 9.01. The van der Waals surface area contributed by atoms with E-state index in [1.807, 2.05) is 24.0 Å². The van der Waals surface area contributed by atoms with Gasteiger partial charge in [-0.3, -0.25) is 19.5 Å². The Balaban J connectivity index is 1.26. The molecule has 1 amide bonds. The van der Waals surface area contributed by atoms with Crippen LogP contribution in [-0.2, 0) is 22.5 Å². The number of hydrogen-bond acceptors (Lipinski definition) is 7. The lowest BCUT2D eigenvalue weighted by Crippen LogP contribution is -2.45. The van der Waals surface area contributed by atoms with E-state index in [1.54, 1.807) is 0 Å². The first-order valence-electron chi connectivity index (χ1n) is 12.3. The molecule has 9 nitrogen and oxygen atoms in total. The summed E-state index contributed by atoms with van der Waals surface area (Å²) in [4.78, 5) is 39.5. The predicted octanol–water partition coefficient (Wildman–Crippen LogP) is 1.62. The zero-order chi connectivity index (χ0) is 23.9. The smallest absolute Gasteiger partial charge is 0.255 e. The molecule has 2 saturated heterocycles. The molecule has 0 bridgehead atoms. The molecule has 1 aromatic heterocycles. The highest BCUT2D eigenvalue weighted by Crippen LogP contribution is 2.15. The van der Waals surface area contributed by atoms with E-state index in [0.717, 1.165) is 45.0 Å². The number of aromatic nitrogens is 2. The van der Waals surface area contributed by atoms with E-state index in [-0.39, 0.29) is 17.9 Å². The number of aromatic amines is 1. The fraction of sp³-hybridized carbons (Fsp3) is 0.560. The van der Waals surface area contributed by atoms with Gasteiger partial charge in [0.2, 0.25) is 11.9 Å². The number of nitrogens with zero attached hydrogens (tertiary/aromatic N) is 4. The monoisotopic (exact) mass is 468 g/mol. The number of rotatable bonds is 8. The normalized spacial score (nSPS) is 17.6. The SMILES string of the molecule is CCN1CCN(Cc2ccc(NC(=O)CCc3c(C)nc(N4CCOCC4)[nH]c3=O)cc2)CC1. The number of likely N-dealkylation sites (N-methyl/N-ethyl adjacent to an activating group) is 1. The van der Waals surface area contributed by atoms with Crippen molar-refractivity contribution in [2.45, 2.75) is 33.2 Å². The third-order valence-electron chi connectivity index (χ3n) is 6.68. The van der Waals surface area contributed by atoms with E-state index < -0.39 is 0 Å². The third kappa shape index (κ3) is 6.43. The molecule has 0 aliphatic carbocycles. The molecule has 4 rings (SSSR count). The number of hydrogen-bond donors (Lipinski definition) is 2. The summed E-state index contributed by atoms with van der Waals surface area (Å²) in [5.41, 5.74) is 3.08. The van der Waals surface area contributed by atoms with Crippen molar-refractivity contribution >= 4 is 17.5 Å². The summed E-state index contributed by atoms with van der Waals surface area (Å²) >= 11 is 0. The molecule has 0 unspecified atom stereocenters. The molecule has 0 radical (unpaired) electrons. The van der Waals surface area contributed by atoms with Crippen molar-refractivity contribution in [3.05, 3.63) is 51.4 Å². The maximum atomic E-state index is 12.6. The maximum Gasteiger partial charge on any atom is 0.255 e. The number of aryl methyl sites for hydroxylation is 1. The molecule has 3 heterocycles. The van der Waals surface area contributed by atoms with Crippen LogP contribution < -0.4 is 15.8 Å². The number of H-pyrrole nitrogens is 1. The van der Waals surface area contributed by atoms with Crippen molar-refractivity contribution < 1.29 is 9.53 Å². The largest absolute Gasteiger partial charge is 0.378 e. The molecule has 2 N–H and O–H groups in total. The molecule has 9 heteroatoms. The number of morpholine rings is 1. The molecule has 2 aliphatic rings. The Morgan fingerprint density at radius 2 is 1.74 bits per heavy atom. The van der Waals surface area contributed by atoms with E-state index >= 15 is 0 Å². The van der Waals surface area contributed by atoms with Gasteiger partial charge in [-0.15, -0.1) is 0 Å². The van der Waals surface area contributed by atoms with Crippen LogP contribution >= 0.6 is 0 Å². The van der Waals surface area contributed by atoms with Crippen molar-refractivity contribution in [2.75, 3.05) is 69.2 Å². The van der Waals surface area contributed by atoms with Gasteiger partial charge in [0.25, 0.3) is 5.56 Å². The number of carbonyl (C=O) groups is 1. The van der Waals surface area contributed by atoms with Gasteiger partial charge in [-0.1, -0.05) is 19.1 Å². The number of anilines is 2. The van der Waals surface area contributed by atoms with Crippen molar-refractivity contribution in [1.82, 2.24) is 19.8 Å². The van der Waals surface area contributed by atoms with Gasteiger partial charge in [0.15, 0.2) is 0 Å². The fourth-order valence-corrected chi connectivity index (χ4v) is 4.49. The Hall–Kier alpha value is -2.75. The molecule has 34 heavy (non-hydrogen) atoms. The Labute approximate surface area is 201 Å². The predicted molar refractivity (Wildman–Crippen MR) is 133 cm³/mol. The minimum Gasteiger partial charge on any atom is -0.378 e. The molecule has 0 spiro atoms. The summed E-state index contributed by atoms with van der Waals surface area (Å²) in [5, 5.41) is 2.94. The lowest BCUT2D eigenvalue weighted by atomic mass is 10.1. The van der Waals surface area contributed by atoms with Gasteiger partial charge in [-0.05, 0) is 37.6 Å². The Morgan fingerprint density at radius 3 is 2.38 bits per heavy atom. The molecule has 184 valence electrons. The topological polar surface area (TPSA) is 93.8 Å². The summed E-state index contributed by atoms with van der Waals surface area (Å²) in [6.45, 7) is 13.2. The highest BCUT2D eigenvalue weighted by atomic mass is 16.5. The fourth-order valence-electron chi connectivity index (χ4n) is 4.49. The van der Waals surface area contributed by atoms with Crippen LogP contribution in [-0.4, -0.2) is 84.7 Å². The van der Waals surface area contributed by atoms with Gasteiger partial charge in [-0.25, -0.2) is 4.98 Å². The summed E-state index contributed by atoms with van der Waals surface area (Å²) in [7, 11) is 0. The van der Waals surface area contributed by atoms with Gasteiger partial charge in [0, 0.05) is 69.2 Å². The molecular formula is C25H36N6O3. The van der Waals surface area contributed by atoms with E-state index in [0.29, 0.717) is 49.9 Å². The quantitative estimate of drug-likeness (QED) is 0.608. The molecular weight excluding hydrogens is 432 g/mol. The van der Waals surface area contributed by atoms with E-state index in [1.165, 1.54) is 5.56 Å². The lowest BCUT2D eigenvalue weighted by Gasteiger charge is -2.34. The van der Waals surface area contributed by atoms with Crippen LogP contribution in [0.1, 0.15) is 30.2 Å². The van der Waals surface area contributed by atoms with Gasteiger partial charge in [0.1, 0.15) is 0 Å². The highest BCUT2D eigenvalue weighted by Gasteiger charge is 2.17. The molecule has 2 aliphatic heterocycles. The van der Waals surface area contributed by atoms with Crippen LogP contribution in [0.3, 0.4) is 0 Å². The maximum absolute atomic E-state index is 12.6. The minimum atomic E-state index is -0.175. The lowest BCUT2D eigenvalue weighted by molar-refractivity contribution is -0.116. The number of ether oxygens (including phenoxy) is 1. The molecule has 2 aromatic rings. The van der Waals surface area contributed by atoms with E-state index in [4.69, 9.17) is 4.74 Å². The summed E-state index contributed by atoms with van der Waals surface area (Å²) in [6.07, 6.45) is 0.581. The van der Waals surface area contributed by atoms with Crippen molar-refractivity contribution in [1.29, 1.82) is 0 Å². The second-order valence-corrected chi connectivity index (χ2v) is 9.01. The van der Waals surface area contributed by atoms with E-state index in [2.05, 4.69) is 44.1 Å². The Kier molecular flexibility index (Phi) is 8.31. The number of benzene rings is 1. The zero-order valence-corrected chi connectivity index (χ0v) is 20.3. The van der Waals surface area contributed by atoms with Gasteiger partial charge < -0.3 is 19.9 Å². The van der Waals surface area contributed by atoms with Gasteiger partial charge in [0.05, 0.1) is 13.2 Å². The zero-order valence-electron chi connectivity index (χ0n) is 20.3. The Morgan fingerprint density at radius 1 is 1.06 bits per heavy atom. The first kappa shape index (κ1) is 24.4. The van der Waals surface area contributed by atoms with E-state index in [9.17, 15) is 9.59 Å². The van der Waals surface area contributed by atoms with Crippen LogP contribution in [0, 0.1) is 6.92 Å². The molecule has 1 aromatic carbocycles. The Bertz CT molecular complexity index is 1010. The molecule has 0 atom stereocenters. The number of piperazine rings is 1. The summed E-state index contributed by atoms with van der Waals surface area (Å²) in [5.74, 6) is 0.464.